The van der Waals surface area contributed by atoms with Crippen LogP contribution in [-0.2, 0) is 11.2 Å². The lowest BCUT2D eigenvalue weighted by molar-refractivity contribution is -0.131. The van der Waals surface area contributed by atoms with Crippen molar-refractivity contribution in [2.45, 2.75) is 58.9 Å². The first-order valence-electron chi connectivity index (χ1n) is 12.3. The molecular weight excluding hydrogens is 444 g/mol. The van der Waals surface area contributed by atoms with Crippen LogP contribution in [0.25, 0.3) is 11.0 Å². The van der Waals surface area contributed by atoms with Crippen molar-refractivity contribution in [3.05, 3.63) is 47.2 Å². The third-order valence-electron chi connectivity index (χ3n) is 6.42. The van der Waals surface area contributed by atoms with Gasteiger partial charge < -0.3 is 10.7 Å². The van der Waals surface area contributed by atoms with Gasteiger partial charge >= 0.3 is 0 Å². The van der Waals surface area contributed by atoms with Crippen LogP contribution < -0.4 is 11.7 Å². The molecule has 0 bridgehead atoms. The average Bonchev–Trinajstić information content (AvgIpc) is 3.49. The Balaban J connectivity index is 1.56. The number of hydrogen-bond acceptors (Lipinski definition) is 8. The van der Waals surface area contributed by atoms with Gasteiger partial charge in [-0.15, -0.1) is 0 Å². The molecule has 1 unspecified atom stereocenters. The van der Waals surface area contributed by atoms with Crippen molar-refractivity contribution in [2.75, 3.05) is 26.2 Å². The molecule has 0 radical (unpaired) electrons. The van der Waals surface area contributed by atoms with Gasteiger partial charge in [0, 0.05) is 37.8 Å². The average molecular weight is 483 g/mol. The van der Waals surface area contributed by atoms with Gasteiger partial charge in [0.05, 0.1) is 0 Å². The standard InChI is InChI=1S/C25H38N8O2/c1-4-12-32(25(34)15-19(2)7-8-20(3)33(27)18-28-26)17-22-6-5-13-31(22)14-11-21-9-10-23-24(16-21)30-35-29-23/h7-10,16,18,22H,4-6,11-15,17,26-27H2,1-3H3/b19-7+,20-8+,28-18-. The van der Waals surface area contributed by atoms with E-state index in [-0.39, 0.29) is 5.91 Å². The van der Waals surface area contributed by atoms with Gasteiger partial charge in [0.2, 0.25) is 5.91 Å². The lowest BCUT2D eigenvalue weighted by Crippen LogP contribution is -2.44. The summed E-state index contributed by atoms with van der Waals surface area (Å²) in [7, 11) is 0. The molecule has 1 aromatic carbocycles. The summed E-state index contributed by atoms with van der Waals surface area (Å²) >= 11 is 0. The zero-order valence-corrected chi connectivity index (χ0v) is 21.1. The van der Waals surface area contributed by atoms with Gasteiger partial charge in [-0.05, 0) is 80.2 Å². The molecule has 1 saturated heterocycles. The summed E-state index contributed by atoms with van der Waals surface area (Å²) in [6, 6.07) is 6.47. The molecule has 35 heavy (non-hydrogen) atoms. The third-order valence-corrected chi connectivity index (χ3v) is 6.42. The fourth-order valence-corrected chi connectivity index (χ4v) is 4.42. The van der Waals surface area contributed by atoms with Crippen LogP contribution in [0.3, 0.4) is 0 Å². The maximum absolute atomic E-state index is 13.1. The second kappa shape index (κ2) is 13.0. The van der Waals surface area contributed by atoms with E-state index in [4.69, 9.17) is 16.3 Å². The molecule has 10 heteroatoms. The van der Waals surface area contributed by atoms with Crippen molar-refractivity contribution in [1.29, 1.82) is 0 Å². The summed E-state index contributed by atoms with van der Waals surface area (Å²) < 4.78 is 4.81. The molecular formula is C25H38N8O2. The second-order valence-electron chi connectivity index (χ2n) is 9.18. The van der Waals surface area contributed by atoms with Crippen LogP contribution in [0.15, 0.2) is 51.4 Å². The van der Waals surface area contributed by atoms with Crippen LogP contribution in [-0.4, -0.2) is 69.6 Å². The number of hydrazine groups is 1. The van der Waals surface area contributed by atoms with Gasteiger partial charge in [0.1, 0.15) is 17.4 Å². The van der Waals surface area contributed by atoms with Crippen molar-refractivity contribution >= 4 is 23.3 Å². The van der Waals surface area contributed by atoms with Crippen molar-refractivity contribution in [1.82, 2.24) is 25.1 Å². The lowest BCUT2D eigenvalue weighted by atomic mass is 10.1. The quantitative estimate of drug-likeness (QED) is 0.155. The SMILES string of the molecule is CCCN(CC1CCCN1CCc1ccc2nonc2c1)C(=O)C/C(C)=C/C=C(\C)N(N)/C=N\N. The van der Waals surface area contributed by atoms with Crippen LogP contribution in [0.1, 0.15) is 52.0 Å². The molecule has 4 N–H and O–H groups in total. The molecule has 1 fully saturated rings. The van der Waals surface area contributed by atoms with Crippen molar-refractivity contribution in [3.8, 4) is 0 Å². The molecule has 1 atom stereocenters. The number of amides is 1. The molecule has 3 rings (SSSR count). The third kappa shape index (κ3) is 7.63. The molecule has 1 aliphatic heterocycles. The number of hydrazone groups is 1. The maximum atomic E-state index is 13.1. The first-order chi connectivity index (χ1) is 16.9. The molecule has 0 spiro atoms. The van der Waals surface area contributed by atoms with Crippen molar-refractivity contribution < 1.29 is 9.42 Å². The van der Waals surface area contributed by atoms with Gasteiger partial charge in [0.15, 0.2) is 0 Å². The maximum Gasteiger partial charge on any atom is 0.226 e. The van der Waals surface area contributed by atoms with Crippen LogP contribution in [0.5, 0.6) is 0 Å². The molecule has 2 heterocycles. The number of fused-ring (bicyclic) bond motifs is 1. The number of carbonyl (C=O) groups excluding carboxylic acids is 1. The van der Waals surface area contributed by atoms with Gasteiger partial charge in [-0.1, -0.05) is 24.6 Å². The summed E-state index contributed by atoms with van der Waals surface area (Å²) in [4.78, 5) is 17.7. The topological polar surface area (TPSA) is 130 Å². The summed E-state index contributed by atoms with van der Waals surface area (Å²) in [6.45, 7) is 9.50. The minimum Gasteiger partial charge on any atom is -0.341 e. The number of nitrogens with zero attached hydrogens (tertiary/aromatic N) is 6. The number of rotatable bonds is 12. The number of nitrogens with two attached hydrogens (primary N) is 2. The first-order valence-corrected chi connectivity index (χ1v) is 12.3. The largest absolute Gasteiger partial charge is 0.341 e. The Labute approximate surface area is 207 Å². The lowest BCUT2D eigenvalue weighted by Gasteiger charge is -2.31. The van der Waals surface area contributed by atoms with E-state index in [9.17, 15) is 4.79 Å². The molecule has 0 aliphatic carbocycles. The number of benzene rings is 1. The number of aromatic nitrogens is 2. The smallest absolute Gasteiger partial charge is 0.226 e. The van der Waals surface area contributed by atoms with E-state index in [1.54, 1.807) is 0 Å². The molecule has 1 amide bonds. The summed E-state index contributed by atoms with van der Waals surface area (Å²) in [5, 5.41) is 12.6. The predicted molar refractivity (Wildman–Crippen MR) is 138 cm³/mol. The number of hydrogen-bond donors (Lipinski definition) is 2. The van der Waals surface area contributed by atoms with Gasteiger partial charge in [-0.25, -0.2) is 10.5 Å². The fourth-order valence-electron chi connectivity index (χ4n) is 4.42. The summed E-state index contributed by atoms with van der Waals surface area (Å²) in [5.74, 6) is 11.1. The Bertz CT molecular complexity index is 1060. The Kier molecular flexibility index (Phi) is 9.80. The van der Waals surface area contributed by atoms with E-state index in [1.165, 1.54) is 16.9 Å². The number of likely N-dealkylation sites (tertiary alicyclic amines) is 1. The normalized spacial score (nSPS) is 17.5. The van der Waals surface area contributed by atoms with E-state index >= 15 is 0 Å². The molecule has 190 valence electrons. The molecule has 2 aromatic rings. The van der Waals surface area contributed by atoms with E-state index in [0.29, 0.717) is 12.5 Å². The van der Waals surface area contributed by atoms with E-state index in [1.807, 2.05) is 43.0 Å². The highest BCUT2D eigenvalue weighted by Crippen LogP contribution is 2.21. The highest BCUT2D eigenvalue weighted by Gasteiger charge is 2.27. The van der Waals surface area contributed by atoms with Crippen molar-refractivity contribution in [3.63, 3.8) is 0 Å². The van der Waals surface area contributed by atoms with Gasteiger partial charge in [-0.3, -0.25) is 14.7 Å². The van der Waals surface area contributed by atoms with E-state index < -0.39 is 0 Å². The Morgan fingerprint density at radius 1 is 1.29 bits per heavy atom. The summed E-state index contributed by atoms with van der Waals surface area (Å²) in [5.41, 5.74) is 4.55. The second-order valence-corrected chi connectivity index (χ2v) is 9.18. The zero-order chi connectivity index (χ0) is 25.2. The molecule has 1 aromatic heterocycles. The van der Waals surface area contributed by atoms with Crippen LogP contribution >= 0.6 is 0 Å². The minimum atomic E-state index is 0.163. The Hall–Kier alpha value is -3.24. The van der Waals surface area contributed by atoms with E-state index in [2.05, 4.69) is 33.3 Å². The summed E-state index contributed by atoms with van der Waals surface area (Å²) in [6.07, 6.45) is 9.65. The van der Waals surface area contributed by atoms with Crippen LogP contribution in [0.4, 0.5) is 0 Å². The molecule has 10 nitrogen and oxygen atoms in total. The highest BCUT2D eigenvalue weighted by molar-refractivity contribution is 5.78. The Morgan fingerprint density at radius 2 is 2.09 bits per heavy atom. The zero-order valence-electron chi connectivity index (χ0n) is 21.1. The predicted octanol–water partition coefficient (Wildman–Crippen LogP) is 2.79. The van der Waals surface area contributed by atoms with Crippen molar-refractivity contribution in [2.24, 2.45) is 16.8 Å². The monoisotopic (exact) mass is 482 g/mol. The van der Waals surface area contributed by atoms with E-state index in [0.717, 1.165) is 74.2 Å². The number of allylic oxidation sites excluding steroid dienone is 3. The fraction of sp³-hybridized carbons (Fsp3) is 0.520. The molecule has 1 aliphatic rings. The van der Waals surface area contributed by atoms with Gasteiger partial charge in [-0.2, -0.15) is 5.10 Å². The number of carbonyl (C=O) groups is 1. The van der Waals surface area contributed by atoms with Gasteiger partial charge in [0.25, 0.3) is 0 Å². The highest BCUT2D eigenvalue weighted by atomic mass is 16.6. The Morgan fingerprint density at radius 3 is 2.86 bits per heavy atom. The minimum absolute atomic E-state index is 0.163. The van der Waals surface area contributed by atoms with Crippen LogP contribution in [0.2, 0.25) is 0 Å². The first kappa shape index (κ1) is 26.4. The molecule has 0 saturated carbocycles. The van der Waals surface area contributed by atoms with Crippen LogP contribution in [0, 0.1) is 0 Å².